The Labute approximate surface area is 209 Å². The summed E-state index contributed by atoms with van der Waals surface area (Å²) in [6, 6.07) is 0.342. The van der Waals surface area contributed by atoms with Gasteiger partial charge >= 0.3 is 5.97 Å². The summed E-state index contributed by atoms with van der Waals surface area (Å²) in [6.07, 6.45) is 16.0. The summed E-state index contributed by atoms with van der Waals surface area (Å²) >= 11 is 0. The zero-order valence-corrected chi connectivity index (χ0v) is 21.3. The molecule has 35 heavy (non-hydrogen) atoms. The number of carbonyl (C=O) groups excluding carboxylic acids is 1. The van der Waals surface area contributed by atoms with Crippen LogP contribution in [0.3, 0.4) is 0 Å². The van der Waals surface area contributed by atoms with Gasteiger partial charge < -0.3 is 20.1 Å². The predicted octanol–water partition coefficient (Wildman–Crippen LogP) is 4.10. The number of hydrogen-bond acceptors (Lipinski definition) is 6. The van der Waals surface area contributed by atoms with Crippen LogP contribution in [0.4, 0.5) is 0 Å². The van der Waals surface area contributed by atoms with Crippen molar-refractivity contribution in [1.82, 2.24) is 0 Å². The molecule has 5 aliphatic carbocycles. The molecule has 0 aromatic rings. The first kappa shape index (κ1) is 24.1. The van der Waals surface area contributed by atoms with E-state index in [1.165, 1.54) is 19.3 Å². The van der Waals surface area contributed by atoms with E-state index in [-0.39, 0.29) is 29.1 Å². The summed E-state index contributed by atoms with van der Waals surface area (Å²) in [5.41, 5.74) is -1.50. The average Bonchev–Trinajstić information content (AvgIpc) is 3.38. The second kappa shape index (κ2) is 8.39. The zero-order valence-electron chi connectivity index (χ0n) is 21.3. The predicted molar refractivity (Wildman–Crippen MR) is 133 cm³/mol. The average molecular weight is 486 g/mol. The Morgan fingerprint density at radius 1 is 0.971 bits per heavy atom. The summed E-state index contributed by atoms with van der Waals surface area (Å²) in [7, 11) is 0. The Kier molecular flexibility index (Phi) is 5.78. The van der Waals surface area contributed by atoms with Crippen molar-refractivity contribution in [1.29, 1.82) is 0 Å². The van der Waals surface area contributed by atoms with Crippen LogP contribution >= 0.6 is 0 Å². The summed E-state index contributed by atoms with van der Waals surface area (Å²) < 4.78 is 5.25. The lowest BCUT2D eigenvalue weighted by Gasteiger charge is -2.65. The Balaban J connectivity index is 1.36. The molecule has 6 nitrogen and oxygen atoms in total. The largest absolute Gasteiger partial charge is 0.458 e. The monoisotopic (exact) mass is 485 g/mol. The van der Waals surface area contributed by atoms with E-state index in [1.54, 1.807) is 6.08 Å². The van der Waals surface area contributed by atoms with Crippen molar-refractivity contribution < 1.29 is 24.9 Å². The molecule has 5 unspecified atom stereocenters. The van der Waals surface area contributed by atoms with Crippen LogP contribution in [0.25, 0.3) is 0 Å². The Bertz CT molecular complexity index is 926. The SMILES string of the molecule is CC12CC[C@H]3[C@@H](CCC4(O)CC(O)CC[C@]34C=NC3CCCCC3)C1(O)CCC2C1=CC(=O)OC1. The van der Waals surface area contributed by atoms with Gasteiger partial charge in [0.2, 0.25) is 0 Å². The number of cyclic esters (lactones) is 1. The van der Waals surface area contributed by atoms with Gasteiger partial charge in [0, 0.05) is 35.6 Å². The first-order chi connectivity index (χ1) is 16.7. The van der Waals surface area contributed by atoms with Crippen molar-refractivity contribution in [3.05, 3.63) is 11.6 Å². The molecule has 194 valence electrons. The smallest absolute Gasteiger partial charge is 0.331 e. The molecular formula is C29H43NO5. The van der Waals surface area contributed by atoms with Crippen LogP contribution < -0.4 is 0 Å². The Morgan fingerprint density at radius 3 is 2.49 bits per heavy atom. The molecule has 6 aliphatic rings. The molecule has 0 aromatic carbocycles. The van der Waals surface area contributed by atoms with Crippen LogP contribution in [0, 0.1) is 28.6 Å². The molecule has 5 fully saturated rings. The van der Waals surface area contributed by atoms with Gasteiger partial charge in [-0.3, -0.25) is 4.99 Å². The van der Waals surface area contributed by atoms with Crippen molar-refractivity contribution in [3.63, 3.8) is 0 Å². The maximum Gasteiger partial charge on any atom is 0.331 e. The van der Waals surface area contributed by atoms with Crippen LogP contribution in [0.2, 0.25) is 0 Å². The van der Waals surface area contributed by atoms with E-state index >= 15 is 0 Å². The molecule has 8 atom stereocenters. The van der Waals surface area contributed by atoms with E-state index in [0.717, 1.165) is 56.9 Å². The third-order valence-electron chi connectivity index (χ3n) is 11.7. The minimum Gasteiger partial charge on any atom is -0.458 e. The second-order valence-electron chi connectivity index (χ2n) is 13.1. The molecule has 0 amide bonds. The van der Waals surface area contributed by atoms with Crippen molar-refractivity contribution in [2.24, 2.45) is 33.6 Å². The molecule has 1 aliphatic heterocycles. The number of rotatable bonds is 3. The van der Waals surface area contributed by atoms with Crippen molar-refractivity contribution >= 4 is 12.2 Å². The van der Waals surface area contributed by atoms with Gasteiger partial charge in [0.1, 0.15) is 6.61 Å². The number of aliphatic hydroxyl groups excluding tert-OH is 1. The molecule has 5 saturated carbocycles. The highest BCUT2D eigenvalue weighted by atomic mass is 16.5. The highest BCUT2D eigenvalue weighted by Gasteiger charge is 2.71. The molecule has 0 saturated heterocycles. The molecule has 0 bridgehead atoms. The van der Waals surface area contributed by atoms with Crippen LogP contribution in [0.15, 0.2) is 16.6 Å². The van der Waals surface area contributed by atoms with E-state index in [0.29, 0.717) is 31.9 Å². The topological polar surface area (TPSA) is 99.4 Å². The van der Waals surface area contributed by atoms with Crippen LogP contribution in [-0.2, 0) is 9.53 Å². The van der Waals surface area contributed by atoms with Gasteiger partial charge in [-0.2, -0.15) is 0 Å². The standard InChI is InChI=1S/C29H43NO5/c1-26-11-8-23-24(29(26,34)14-10-22(26)19-15-25(32)35-17-19)9-13-28(33)16-21(31)7-12-27(23,28)18-30-20-5-3-2-4-6-20/h15,18,20-24,31,33-34H,2-14,16-17H2,1H3/t21?,22?,23-,24+,26?,27-,28?,29?/m0/s1. The van der Waals surface area contributed by atoms with Crippen LogP contribution in [0.1, 0.15) is 96.8 Å². The Hall–Kier alpha value is -1.24. The second-order valence-corrected chi connectivity index (χ2v) is 13.1. The number of esters is 1. The van der Waals surface area contributed by atoms with Gasteiger partial charge in [-0.05, 0) is 87.5 Å². The van der Waals surface area contributed by atoms with Gasteiger partial charge in [-0.15, -0.1) is 0 Å². The van der Waals surface area contributed by atoms with Gasteiger partial charge in [-0.25, -0.2) is 4.79 Å². The maximum atomic E-state index is 12.5. The highest BCUT2D eigenvalue weighted by molar-refractivity contribution is 5.85. The third-order valence-corrected chi connectivity index (χ3v) is 11.7. The maximum absolute atomic E-state index is 12.5. The molecule has 6 heteroatoms. The minimum absolute atomic E-state index is 0.0956. The minimum atomic E-state index is -0.958. The van der Waals surface area contributed by atoms with Gasteiger partial charge in [0.05, 0.1) is 17.3 Å². The van der Waals surface area contributed by atoms with E-state index < -0.39 is 22.7 Å². The first-order valence-corrected chi connectivity index (χ1v) is 14.3. The van der Waals surface area contributed by atoms with Crippen LogP contribution in [0.5, 0.6) is 0 Å². The lowest BCUT2D eigenvalue weighted by Crippen LogP contribution is -2.68. The van der Waals surface area contributed by atoms with Gasteiger partial charge in [0.25, 0.3) is 0 Å². The van der Waals surface area contributed by atoms with Crippen molar-refractivity contribution in [2.75, 3.05) is 6.61 Å². The van der Waals surface area contributed by atoms with E-state index in [2.05, 4.69) is 13.1 Å². The molecule has 6 rings (SSSR count). The highest BCUT2D eigenvalue weighted by Crippen LogP contribution is 2.70. The summed E-state index contributed by atoms with van der Waals surface area (Å²) in [4.78, 5) is 17.0. The first-order valence-electron chi connectivity index (χ1n) is 14.3. The number of carbonyl (C=O) groups is 1. The number of aliphatic imine (C=N–C) groups is 1. The van der Waals surface area contributed by atoms with Crippen molar-refractivity contribution in [2.45, 2.75) is 120 Å². The summed E-state index contributed by atoms with van der Waals surface area (Å²) in [6.45, 7) is 2.59. The number of aliphatic hydroxyl groups is 3. The van der Waals surface area contributed by atoms with Gasteiger partial charge in [0.15, 0.2) is 0 Å². The molecule has 1 heterocycles. The number of ether oxygens (including phenoxy) is 1. The quantitative estimate of drug-likeness (QED) is 0.413. The molecule has 3 N–H and O–H groups in total. The molecule has 0 spiro atoms. The molecule has 0 radical (unpaired) electrons. The summed E-state index contributed by atoms with van der Waals surface area (Å²) in [5, 5.41) is 35.2. The lowest BCUT2D eigenvalue weighted by molar-refractivity contribution is -0.237. The zero-order chi connectivity index (χ0) is 24.5. The number of nitrogens with zero attached hydrogens (tertiary/aromatic N) is 1. The molecule has 0 aromatic heterocycles. The fraction of sp³-hybridized carbons (Fsp3) is 0.862. The fourth-order valence-electron chi connectivity index (χ4n) is 9.83. The number of fused-ring (bicyclic) bond motifs is 5. The van der Waals surface area contributed by atoms with E-state index in [9.17, 15) is 20.1 Å². The third kappa shape index (κ3) is 3.45. The lowest BCUT2D eigenvalue weighted by atomic mass is 9.41. The molecular weight excluding hydrogens is 442 g/mol. The number of hydrogen-bond donors (Lipinski definition) is 3. The fourth-order valence-corrected chi connectivity index (χ4v) is 9.83. The van der Waals surface area contributed by atoms with Crippen molar-refractivity contribution in [3.8, 4) is 0 Å². The van der Waals surface area contributed by atoms with Crippen LogP contribution in [-0.4, -0.2) is 57.5 Å². The summed E-state index contributed by atoms with van der Waals surface area (Å²) in [5.74, 6) is 0.168. The van der Waals surface area contributed by atoms with E-state index in [4.69, 9.17) is 9.73 Å². The Morgan fingerprint density at radius 2 is 1.74 bits per heavy atom. The van der Waals surface area contributed by atoms with E-state index in [1.807, 2.05) is 0 Å². The van der Waals surface area contributed by atoms with Gasteiger partial charge in [-0.1, -0.05) is 26.2 Å². The normalized spacial score (nSPS) is 50.4.